The maximum atomic E-state index is 12.4. The van der Waals surface area contributed by atoms with Gasteiger partial charge in [-0.05, 0) is 37.6 Å². The number of sulfonamides is 1. The molecule has 0 amide bonds. The Morgan fingerprint density at radius 1 is 1.12 bits per heavy atom. The van der Waals surface area contributed by atoms with E-state index in [1.54, 1.807) is 24.3 Å². The highest BCUT2D eigenvalue weighted by atomic mass is 32.2. The minimum absolute atomic E-state index is 0.379. The van der Waals surface area contributed by atoms with Gasteiger partial charge in [0.15, 0.2) is 0 Å². The van der Waals surface area contributed by atoms with Crippen LogP contribution < -0.4 is 0 Å². The van der Waals surface area contributed by atoms with Crippen LogP contribution in [0.3, 0.4) is 0 Å². The molecule has 4 nitrogen and oxygen atoms in total. The summed E-state index contributed by atoms with van der Waals surface area (Å²) >= 11 is 0. The average Bonchev–Trinajstić information content (AvgIpc) is 2.60. The van der Waals surface area contributed by atoms with Crippen molar-refractivity contribution in [3.8, 4) is 11.8 Å². The zero-order valence-electron chi connectivity index (χ0n) is 13.9. The highest BCUT2D eigenvalue weighted by molar-refractivity contribution is 7.89. The smallest absolute Gasteiger partial charge is 0.216 e. The molecule has 0 atom stereocenters. The number of rotatable bonds is 2. The van der Waals surface area contributed by atoms with Crippen LogP contribution in [0.25, 0.3) is 0 Å². The molecule has 1 aromatic heterocycles. The molecule has 2 heterocycles. The molecule has 0 saturated carbocycles. The van der Waals surface area contributed by atoms with E-state index in [0.717, 1.165) is 22.4 Å². The Kier molecular flexibility index (Phi) is 4.70. The van der Waals surface area contributed by atoms with Crippen molar-refractivity contribution in [3.63, 3.8) is 0 Å². The molecular weight excluding hydrogens is 320 g/mol. The zero-order chi connectivity index (χ0) is 17.2. The number of benzene rings is 1. The third kappa shape index (κ3) is 3.50. The van der Waals surface area contributed by atoms with E-state index in [1.165, 1.54) is 0 Å². The molecule has 0 N–H and O–H groups in total. The number of nitrogens with zero attached hydrogens (tertiary/aromatic N) is 2. The van der Waals surface area contributed by atoms with Crippen LogP contribution in [0.15, 0.2) is 42.6 Å². The lowest BCUT2D eigenvalue weighted by molar-refractivity contribution is 0.383. The third-order valence-electron chi connectivity index (χ3n) is 4.09. The molecule has 0 bridgehead atoms. The van der Waals surface area contributed by atoms with Crippen molar-refractivity contribution >= 4 is 10.0 Å². The summed E-state index contributed by atoms with van der Waals surface area (Å²) in [5.74, 6) is 6.21. The van der Waals surface area contributed by atoms with Crippen LogP contribution in [0.5, 0.6) is 0 Å². The molecule has 5 heteroatoms. The van der Waals surface area contributed by atoms with Gasteiger partial charge in [-0.1, -0.05) is 30.0 Å². The quantitative estimate of drug-likeness (QED) is 0.790. The van der Waals surface area contributed by atoms with Crippen LogP contribution in [0.1, 0.15) is 36.2 Å². The van der Waals surface area contributed by atoms with Crippen molar-refractivity contribution in [1.82, 2.24) is 9.29 Å². The molecule has 0 saturated heterocycles. The van der Waals surface area contributed by atoms with Crippen LogP contribution >= 0.6 is 0 Å². The van der Waals surface area contributed by atoms with Gasteiger partial charge in [0.1, 0.15) is 0 Å². The van der Waals surface area contributed by atoms with Crippen LogP contribution in [-0.4, -0.2) is 29.5 Å². The Morgan fingerprint density at radius 2 is 1.83 bits per heavy atom. The molecule has 1 aliphatic heterocycles. The van der Waals surface area contributed by atoms with Crippen molar-refractivity contribution in [1.29, 1.82) is 0 Å². The Morgan fingerprint density at radius 3 is 2.54 bits per heavy atom. The average molecular weight is 340 g/mol. The predicted octanol–water partition coefficient (Wildman–Crippen LogP) is 2.58. The maximum Gasteiger partial charge on any atom is 0.216 e. The summed E-state index contributed by atoms with van der Waals surface area (Å²) in [6, 6.07) is 11.7. The van der Waals surface area contributed by atoms with E-state index < -0.39 is 15.3 Å². The van der Waals surface area contributed by atoms with Crippen LogP contribution in [0.2, 0.25) is 0 Å². The molecule has 0 fully saturated rings. The van der Waals surface area contributed by atoms with Crippen LogP contribution in [0.4, 0.5) is 0 Å². The van der Waals surface area contributed by atoms with Gasteiger partial charge in [-0.3, -0.25) is 4.98 Å². The second-order valence-electron chi connectivity index (χ2n) is 6.12. The number of pyridine rings is 1. The largest absolute Gasteiger partial charge is 0.260 e. The molecule has 0 aliphatic carbocycles. The number of hydrogen-bond donors (Lipinski definition) is 0. The van der Waals surface area contributed by atoms with Crippen molar-refractivity contribution in [2.45, 2.75) is 32.1 Å². The van der Waals surface area contributed by atoms with E-state index in [2.05, 4.69) is 16.8 Å². The molecule has 0 radical (unpaired) electrons. The van der Waals surface area contributed by atoms with Crippen molar-refractivity contribution < 1.29 is 8.42 Å². The summed E-state index contributed by atoms with van der Waals surface area (Å²) in [6.45, 7) is 4.30. The summed E-state index contributed by atoms with van der Waals surface area (Å²) in [6.07, 6.45) is 2.41. The van der Waals surface area contributed by atoms with Gasteiger partial charge in [0.25, 0.3) is 0 Å². The zero-order valence-corrected chi connectivity index (χ0v) is 14.7. The molecule has 2 aromatic rings. The van der Waals surface area contributed by atoms with Gasteiger partial charge >= 0.3 is 0 Å². The number of aromatic nitrogens is 1. The molecule has 1 aromatic carbocycles. The second kappa shape index (κ2) is 6.76. The van der Waals surface area contributed by atoms with Gasteiger partial charge in [0, 0.05) is 42.5 Å². The highest BCUT2D eigenvalue weighted by Crippen LogP contribution is 2.22. The normalized spacial score (nSPS) is 14.8. The first-order valence-corrected chi connectivity index (χ1v) is 9.51. The Hall–Kier alpha value is -2.16. The third-order valence-corrected chi connectivity index (χ3v) is 6.31. The Balaban J connectivity index is 1.86. The first-order chi connectivity index (χ1) is 11.5. The Labute approximate surface area is 143 Å². The van der Waals surface area contributed by atoms with Crippen molar-refractivity contribution in [3.05, 3.63) is 65.0 Å². The molecule has 1 aliphatic rings. The predicted molar refractivity (Wildman–Crippen MR) is 94.8 cm³/mol. The molecule has 3 rings (SSSR count). The SMILES string of the molecule is CC(C)S(=O)(=O)N1CCc2ncc(C#Cc3ccccc3)cc2C1. The van der Waals surface area contributed by atoms with E-state index in [-0.39, 0.29) is 0 Å². The van der Waals surface area contributed by atoms with Gasteiger partial charge in [-0.25, -0.2) is 8.42 Å². The van der Waals surface area contributed by atoms with Crippen molar-refractivity contribution in [2.75, 3.05) is 6.54 Å². The van der Waals surface area contributed by atoms with E-state index in [9.17, 15) is 8.42 Å². The van der Waals surface area contributed by atoms with Crippen molar-refractivity contribution in [2.24, 2.45) is 0 Å². The highest BCUT2D eigenvalue weighted by Gasteiger charge is 2.29. The van der Waals surface area contributed by atoms with Gasteiger partial charge in [-0.15, -0.1) is 0 Å². The molecule has 0 unspecified atom stereocenters. The van der Waals surface area contributed by atoms with E-state index in [4.69, 9.17) is 0 Å². The lowest BCUT2D eigenvalue weighted by atomic mass is 10.1. The molecule has 0 spiro atoms. The fourth-order valence-corrected chi connectivity index (χ4v) is 3.91. The van der Waals surface area contributed by atoms with Gasteiger partial charge < -0.3 is 0 Å². The molecular formula is C19H20N2O2S. The number of fused-ring (bicyclic) bond motifs is 1. The standard InChI is InChI=1S/C19H20N2O2S/c1-15(2)24(22,23)21-11-10-19-18(14-21)12-17(13-20-19)9-8-16-6-4-3-5-7-16/h3-7,12-13,15H,10-11,14H2,1-2H3. The summed E-state index contributed by atoms with van der Waals surface area (Å²) in [5, 5.41) is -0.409. The van der Waals surface area contributed by atoms with E-state index in [0.29, 0.717) is 19.5 Å². The minimum atomic E-state index is -3.24. The van der Waals surface area contributed by atoms with Crippen LogP contribution in [0, 0.1) is 11.8 Å². The topological polar surface area (TPSA) is 50.3 Å². The maximum absolute atomic E-state index is 12.4. The fraction of sp³-hybridized carbons (Fsp3) is 0.316. The number of hydrogen-bond acceptors (Lipinski definition) is 3. The lowest BCUT2D eigenvalue weighted by Crippen LogP contribution is -2.40. The van der Waals surface area contributed by atoms with E-state index >= 15 is 0 Å². The van der Waals surface area contributed by atoms with Crippen LogP contribution in [-0.2, 0) is 23.0 Å². The van der Waals surface area contributed by atoms with Gasteiger partial charge in [0.05, 0.1) is 5.25 Å². The summed E-state index contributed by atoms with van der Waals surface area (Å²) in [7, 11) is -3.24. The molecule has 124 valence electrons. The summed E-state index contributed by atoms with van der Waals surface area (Å²) in [4.78, 5) is 4.47. The first kappa shape index (κ1) is 16.7. The fourth-order valence-electron chi connectivity index (χ4n) is 2.65. The first-order valence-electron chi connectivity index (χ1n) is 8.00. The van der Waals surface area contributed by atoms with Gasteiger partial charge in [0.2, 0.25) is 10.0 Å². The second-order valence-corrected chi connectivity index (χ2v) is 8.61. The minimum Gasteiger partial charge on any atom is -0.260 e. The lowest BCUT2D eigenvalue weighted by Gasteiger charge is -2.29. The summed E-state index contributed by atoms with van der Waals surface area (Å²) < 4.78 is 26.3. The molecule has 24 heavy (non-hydrogen) atoms. The Bertz CT molecular complexity index is 894. The van der Waals surface area contributed by atoms with E-state index in [1.807, 2.05) is 36.4 Å². The summed E-state index contributed by atoms with van der Waals surface area (Å²) in [5.41, 5.74) is 3.67. The van der Waals surface area contributed by atoms with Gasteiger partial charge in [-0.2, -0.15) is 4.31 Å². The monoisotopic (exact) mass is 340 g/mol.